The molecule has 0 spiro atoms. The Labute approximate surface area is 128 Å². The molecule has 0 radical (unpaired) electrons. The number of rotatable bonds is 4. The van der Waals surface area contributed by atoms with Crippen LogP contribution in [0.15, 0.2) is 47.4 Å². The van der Waals surface area contributed by atoms with Crippen molar-refractivity contribution in [2.45, 2.75) is 4.90 Å². The van der Waals surface area contributed by atoms with Crippen LogP contribution in [0, 0.1) is 5.82 Å². The summed E-state index contributed by atoms with van der Waals surface area (Å²) in [7, 11) is -0.322. The van der Waals surface area contributed by atoms with Gasteiger partial charge < -0.3 is 4.90 Å². The molecule has 0 bridgehead atoms. The lowest BCUT2D eigenvalue weighted by Crippen LogP contribution is -2.17. The highest BCUT2D eigenvalue weighted by Gasteiger charge is 2.17. The Balaban J connectivity index is 2.44. The second-order valence-electron chi connectivity index (χ2n) is 4.62. The van der Waals surface area contributed by atoms with Gasteiger partial charge in [0.2, 0.25) is 0 Å². The maximum atomic E-state index is 13.2. The minimum atomic E-state index is -3.88. The number of nitrogens with one attached hydrogen (secondary N) is 1. The maximum absolute atomic E-state index is 13.2. The molecule has 0 fully saturated rings. The van der Waals surface area contributed by atoms with E-state index in [1.165, 1.54) is 24.3 Å². The monoisotopic (exact) mass is 328 g/mol. The zero-order valence-electron chi connectivity index (χ0n) is 11.5. The molecule has 0 atom stereocenters. The molecule has 7 heteroatoms. The molecule has 0 saturated carbocycles. The van der Waals surface area contributed by atoms with Gasteiger partial charge in [0.25, 0.3) is 10.0 Å². The molecular formula is C14H14ClFN2O2S. The third-order valence-electron chi connectivity index (χ3n) is 2.79. The van der Waals surface area contributed by atoms with Crippen LogP contribution in [0.3, 0.4) is 0 Å². The number of sulfonamides is 1. The molecule has 1 N–H and O–H groups in total. The quantitative estimate of drug-likeness (QED) is 0.936. The SMILES string of the molecule is CN(C)c1ccc(Cl)cc1NS(=O)(=O)c1cccc(F)c1. The van der Waals surface area contributed by atoms with Crippen LogP contribution in [0.1, 0.15) is 0 Å². The molecule has 2 rings (SSSR count). The summed E-state index contributed by atoms with van der Waals surface area (Å²) < 4.78 is 40.2. The molecule has 2 aromatic carbocycles. The van der Waals surface area contributed by atoms with Crippen molar-refractivity contribution >= 4 is 33.0 Å². The molecule has 0 aliphatic rings. The highest BCUT2D eigenvalue weighted by molar-refractivity contribution is 7.92. The number of hydrogen-bond acceptors (Lipinski definition) is 3. The zero-order valence-corrected chi connectivity index (χ0v) is 13.0. The van der Waals surface area contributed by atoms with Gasteiger partial charge in [-0.2, -0.15) is 0 Å². The second kappa shape index (κ2) is 5.91. The van der Waals surface area contributed by atoms with E-state index in [1.54, 1.807) is 31.1 Å². The van der Waals surface area contributed by atoms with E-state index in [1.807, 2.05) is 0 Å². The molecule has 2 aromatic rings. The van der Waals surface area contributed by atoms with Crippen LogP contribution in [-0.2, 0) is 10.0 Å². The molecule has 0 saturated heterocycles. The lowest BCUT2D eigenvalue weighted by atomic mass is 10.2. The Bertz CT molecular complexity index is 763. The van der Waals surface area contributed by atoms with E-state index in [9.17, 15) is 12.8 Å². The van der Waals surface area contributed by atoms with Crippen molar-refractivity contribution in [3.8, 4) is 0 Å². The van der Waals surface area contributed by atoms with Crippen LogP contribution in [0.4, 0.5) is 15.8 Å². The van der Waals surface area contributed by atoms with E-state index in [2.05, 4.69) is 4.72 Å². The lowest BCUT2D eigenvalue weighted by Gasteiger charge is -2.18. The van der Waals surface area contributed by atoms with E-state index < -0.39 is 15.8 Å². The largest absolute Gasteiger partial charge is 0.376 e. The van der Waals surface area contributed by atoms with E-state index >= 15 is 0 Å². The minimum absolute atomic E-state index is 0.146. The maximum Gasteiger partial charge on any atom is 0.262 e. The molecule has 0 aliphatic carbocycles. The predicted octanol–water partition coefficient (Wildman–Crippen LogP) is 3.35. The average Bonchev–Trinajstić information content (AvgIpc) is 2.38. The number of halogens is 2. The average molecular weight is 329 g/mol. The van der Waals surface area contributed by atoms with Crippen LogP contribution in [0.2, 0.25) is 5.02 Å². The molecule has 21 heavy (non-hydrogen) atoms. The highest BCUT2D eigenvalue weighted by Crippen LogP contribution is 2.29. The summed E-state index contributed by atoms with van der Waals surface area (Å²) in [6.45, 7) is 0. The third-order valence-corrected chi connectivity index (χ3v) is 4.39. The van der Waals surface area contributed by atoms with Gasteiger partial charge in [-0.25, -0.2) is 12.8 Å². The van der Waals surface area contributed by atoms with Crippen LogP contribution < -0.4 is 9.62 Å². The first-order chi connectivity index (χ1) is 9.79. The Kier molecular flexibility index (Phi) is 4.39. The standard InChI is InChI=1S/C14H14ClFN2O2S/c1-18(2)14-7-6-10(15)8-13(14)17-21(19,20)12-5-3-4-11(16)9-12/h3-9,17H,1-2H3. The number of hydrogen-bond donors (Lipinski definition) is 1. The first kappa shape index (κ1) is 15.6. The molecule has 4 nitrogen and oxygen atoms in total. The van der Waals surface area contributed by atoms with Gasteiger partial charge in [0, 0.05) is 19.1 Å². The van der Waals surface area contributed by atoms with E-state index in [-0.39, 0.29) is 4.90 Å². The highest BCUT2D eigenvalue weighted by atomic mass is 35.5. The summed E-state index contributed by atoms with van der Waals surface area (Å²) >= 11 is 5.91. The molecule has 0 aliphatic heterocycles. The number of nitrogens with zero attached hydrogens (tertiary/aromatic N) is 1. The molecular weight excluding hydrogens is 315 g/mol. The van der Waals surface area contributed by atoms with Crippen molar-refractivity contribution in [3.63, 3.8) is 0 Å². The van der Waals surface area contributed by atoms with Crippen molar-refractivity contribution < 1.29 is 12.8 Å². The van der Waals surface area contributed by atoms with Gasteiger partial charge in [-0.15, -0.1) is 0 Å². The number of anilines is 2. The fourth-order valence-corrected chi connectivity index (χ4v) is 3.09. The van der Waals surface area contributed by atoms with Gasteiger partial charge in [-0.1, -0.05) is 17.7 Å². The Morgan fingerprint density at radius 2 is 1.86 bits per heavy atom. The van der Waals surface area contributed by atoms with Crippen molar-refractivity contribution in [2.75, 3.05) is 23.7 Å². The van der Waals surface area contributed by atoms with Crippen molar-refractivity contribution in [1.82, 2.24) is 0 Å². The summed E-state index contributed by atoms with van der Waals surface area (Å²) in [6.07, 6.45) is 0. The predicted molar refractivity (Wildman–Crippen MR) is 83.0 cm³/mol. The molecule has 112 valence electrons. The fraction of sp³-hybridized carbons (Fsp3) is 0.143. The summed E-state index contributed by atoms with van der Waals surface area (Å²) in [4.78, 5) is 1.60. The molecule has 0 unspecified atom stereocenters. The van der Waals surface area contributed by atoms with Crippen molar-refractivity contribution in [3.05, 3.63) is 53.3 Å². The minimum Gasteiger partial charge on any atom is -0.376 e. The summed E-state index contributed by atoms with van der Waals surface area (Å²) in [5.74, 6) is -0.614. The topological polar surface area (TPSA) is 49.4 Å². The molecule has 0 heterocycles. The summed E-state index contributed by atoms with van der Waals surface area (Å²) in [5, 5.41) is 0.401. The smallest absolute Gasteiger partial charge is 0.262 e. The van der Waals surface area contributed by atoms with Gasteiger partial charge in [0.05, 0.1) is 16.3 Å². The van der Waals surface area contributed by atoms with Gasteiger partial charge in [0.1, 0.15) is 5.82 Å². The van der Waals surface area contributed by atoms with Crippen LogP contribution in [-0.4, -0.2) is 22.5 Å². The first-order valence-corrected chi connectivity index (χ1v) is 7.91. The number of benzene rings is 2. The van der Waals surface area contributed by atoms with Crippen LogP contribution in [0.25, 0.3) is 0 Å². The Hall–Kier alpha value is -1.79. The summed E-state index contributed by atoms with van der Waals surface area (Å²) in [6, 6.07) is 9.68. The van der Waals surface area contributed by atoms with Crippen molar-refractivity contribution in [2.24, 2.45) is 0 Å². The van der Waals surface area contributed by atoms with Crippen molar-refractivity contribution in [1.29, 1.82) is 0 Å². The van der Waals surface area contributed by atoms with Gasteiger partial charge in [-0.05, 0) is 36.4 Å². The van der Waals surface area contributed by atoms with Gasteiger partial charge in [-0.3, -0.25) is 4.72 Å². The Morgan fingerprint density at radius 1 is 1.14 bits per heavy atom. The van der Waals surface area contributed by atoms with Gasteiger partial charge >= 0.3 is 0 Å². The normalized spacial score (nSPS) is 11.2. The fourth-order valence-electron chi connectivity index (χ4n) is 1.82. The van der Waals surface area contributed by atoms with Crippen LogP contribution >= 0.6 is 11.6 Å². The third kappa shape index (κ3) is 3.65. The van der Waals surface area contributed by atoms with E-state index in [4.69, 9.17) is 11.6 Å². The summed E-state index contributed by atoms with van der Waals surface area (Å²) in [5.41, 5.74) is 0.983. The molecule has 0 amide bonds. The lowest BCUT2D eigenvalue weighted by molar-refractivity contribution is 0.595. The Morgan fingerprint density at radius 3 is 2.48 bits per heavy atom. The second-order valence-corrected chi connectivity index (χ2v) is 6.74. The first-order valence-electron chi connectivity index (χ1n) is 6.05. The van der Waals surface area contributed by atoms with Crippen LogP contribution in [0.5, 0.6) is 0 Å². The molecule has 0 aromatic heterocycles. The zero-order chi connectivity index (χ0) is 15.6. The van der Waals surface area contributed by atoms with E-state index in [0.29, 0.717) is 16.4 Å². The van der Waals surface area contributed by atoms with Gasteiger partial charge in [0.15, 0.2) is 0 Å². The van der Waals surface area contributed by atoms with E-state index in [0.717, 1.165) is 6.07 Å².